The van der Waals surface area contributed by atoms with Gasteiger partial charge in [-0.15, -0.1) is 11.8 Å². The summed E-state index contributed by atoms with van der Waals surface area (Å²) in [6.07, 6.45) is -0.0718. The van der Waals surface area contributed by atoms with Crippen molar-refractivity contribution in [1.29, 1.82) is 0 Å². The monoisotopic (exact) mass is 301 g/mol. The summed E-state index contributed by atoms with van der Waals surface area (Å²) in [4.78, 5) is 15.9. The molecule has 20 heavy (non-hydrogen) atoms. The number of aromatic nitrogens is 2. The van der Waals surface area contributed by atoms with Crippen molar-refractivity contribution >= 4 is 23.5 Å². The summed E-state index contributed by atoms with van der Waals surface area (Å²) in [5.41, 5.74) is 0.334. The van der Waals surface area contributed by atoms with Crippen molar-refractivity contribution in [3.05, 3.63) is 43.0 Å². The van der Waals surface area contributed by atoms with Crippen LogP contribution >= 0.6 is 11.8 Å². The molecule has 0 spiro atoms. The number of halogens is 3. The molecular weight excluding hydrogens is 291 g/mol. The fraction of sp³-hybridized carbons (Fsp3) is 0.167. The smallest absolute Gasteiger partial charge is 0.306 e. The lowest BCUT2D eigenvalue weighted by atomic mass is 10.3. The van der Waals surface area contributed by atoms with Gasteiger partial charge in [0, 0.05) is 17.3 Å². The number of benzene rings is 1. The van der Waals surface area contributed by atoms with Crippen LogP contribution < -0.4 is 5.32 Å². The van der Waals surface area contributed by atoms with Crippen molar-refractivity contribution in [2.24, 2.45) is 0 Å². The second-order valence-electron chi connectivity index (χ2n) is 3.80. The van der Waals surface area contributed by atoms with E-state index in [1.165, 1.54) is 29.4 Å². The van der Waals surface area contributed by atoms with Gasteiger partial charge in [-0.25, -0.2) is 9.78 Å². The first-order chi connectivity index (χ1) is 9.46. The minimum Gasteiger partial charge on any atom is -0.306 e. The van der Waals surface area contributed by atoms with E-state index in [-0.39, 0.29) is 0 Å². The molecule has 2 aromatic rings. The molecule has 2 rings (SSSR count). The maximum Gasteiger partial charge on any atom is 0.398 e. The summed E-state index contributed by atoms with van der Waals surface area (Å²) in [5.74, 6) is -1.01. The van der Waals surface area contributed by atoms with Crippen LogP contribution in [0, 0.1) is 0 Å². The third-order valence-electron chi connectivity index (χ3n) is 2.26. The van der Waals surface area contributed by atoms with Crippen molar-refractivity contribution < 1.29 is 18.0 Å². The maximum absolute atomic E-state index is 12.2. The molecule has 8 heteroatoms. The molecule has 1 N–H and O–H groups in total. The number of carbonyl (C=O) groups excluding carboxylic acids is 1. The number of nitrogens with one attached hydrogen (secondary N) is 1. The van der Waals surface area contributed by atoms with E-state index in [2.05, 4.69) is 10.3 Å². The van der Waals surface area contributed by atoms with E-state index < -0.39 is 18.0 Å². The van der Waals surface area contributed by atoms with Gasteiger partial charge in [0.25, 0.3) is 0 Å². The Balaban J connectivity index is 2.10. The second-order valence-corrected chi connectivity index (χ2v) is 4.82. The van der Waals surface area contributed by atoms with Crippen LogP contribution in [-0.2, 0) is 0 Å². The molecule has 0 saturated carbocycles. The zero-order valence-electron chi connectivity index (χ0n) is 10.1. The van der Waals surface area contributed by atoms with E-state index in [9.17, 15) is 18.0 Å². The Morgan fingerprint density at radius 1 is 1.35 bits per heavy atom. The van der Waals surface area contributed by atoms with Crippen molar-refractivity contribution in [2.45, 2.75) is 11.1 Å². The highest BCUT2D eigenvalue weighted by atomic mass is 32.2. The van der Waals surface area contributed by atoms with Crippen LogP contribution in [0.4, 0.5) is 23.7 Å². The lowest BCUT2D eigenvalue weighted by molar-refractivity contribution is -0.105. The SMILES string of the molecule is O=C(Nc1ccccc1SCC(F)(F)F)n1ccnc1. The normalized spacial score (nSPS) is 11.3. The molecule has 4 nitrogen and oxygen atoms in total. The van der Waals surface area contributed by atoms with Crippen molar-refractivity contribution in [3.63, 3.8) is 0 Å². The molecule has 1 aromatic heterocycles. The quantitative estimate of drug-likeness (QED) is 0.881. The molecule has 0 aliphatic heterocycles. The molecule has 0 radical (unpaired) electrons. The topological polar surface area (TPSA) is 46.9 Å². The summed E-state index contributed by atoms with van der Waals surface area (Å²) in [5, 5.41) is 2.55. The highest BCUT2D eigenvalue weighted by molar-refractivity contribution is 7.99. The Hall–Kier alpha value is -1.96. The zero-order valence-corrected chi connectivity index (χ0v) is 10.9. The fourth-order valence-corrected chi connectivity index (χ4v) is 2.18. The summed E-state index contributed by atoms with van der Waals surface area (Å²) in [6.45, 7) is 0. The molecule has 1 heterocycles. The predicted molar refractivity (Wildman–Crippen MR) is 69.9 cm³/mol. The number of hydrogen-bond donors (Lipinski definition) is 1. The van der Waals surface area contributed by atoms with Crippen molar-refractivity contribution in [3.8, 4) is 0 Å². The highest BCUT2D eigenvalue weighted by Gasteiger charge is 2.27. The van der Waals surface area contributed by atoms with Gasteiger partial charge < -0.3 is 5.32 Å². The minimum atomic E-state index is -4.26. The van der Waals surface area contributed by atoms with Crippen LogP contribution in [0.25, 0.3) is 0 Å². The van der Waals surface area contributed by atoms with Crippen LogP contribution in [0.15, 0.2) is 47.9 Å². The number of para-hydroxylation sites is 1. The van der Waals surface area contributed by atoms with Gasteiger partial charge in [0.1, 0.15) is 6.33 Å². The Morgan fingerprint density at radius 3 is 2.75 bits per heavy atom. The average molecular weight is 301 g/mol. The molecule has 1 amide bonds. The third-order valence-corrected chi connectivity index (χ3v) is 3.40. The first-order valence-corrected chi connectivity index (χ1v) is 6.52. The summed E-state index contributed by atoms with van der Waals surface area (Å²) >= 11 is 0.629. The largest absolute Gasteiger partial charge is 0.398 e. The van der Waals surface area contributed by atoms with Gasteiger partial charge in [-0.2, -0.15) is 13.2 Å². The lowest BCUT2D eigenvalue weighted by Crippen LogP contribution is -2.18. The lowest BCUT2D eigenvalue weighted by Gasteiger charge is -2.11. The van der Waals surface area contributed by atoms with E-state index in [1.807, 2.05) is 0 Å². The van der Waals surface area contributed by atoms with E-state index >= 15 is 0 Å². The van der Waals surface area contributed by atoms with Gasteiger partial charge in [0.2, 0.25) is 0 Å². The van der Waals surface area contributed by atoms with Crippen molar-refractivity contribution in [1.82, 2.24) is 9.55 Å². The number of thioether (sulfide) groups is 1. The molecule has 106 valence electrons. The number of nitrogens with zero attached hydrogens (tertiary/aromatic N) is 2. The molecule has 0 fully saturated rings. The van der Waals surface area contributed by atoms with Gasteiger partial charge >= 0.3 is 12.2 Å². The van der Waals surface area contributed by atoms with E-state index in [0.29, 0.717) is 22.3 Å². The van der Waals surface area contributed by atoms with Gasteiger partial charge in [-0.05, 0) is 12.1 Å². The van der Waals surface area contributed by atoms with Gasteiger partial charge in [-0.3, -0.25) is 4.57 Å². The molecule has 0 aliphatic rings. The maximum atomic E-state index is 12.2. The second kappa shape index (κ2) is 6.00. The Kier molecular flexibility index (Phi) is 4.33. The number of carbonyl (C=O) groups is 1. The van der Waals surface area contributed by atoms with Crippen LogP contribution in [0.3, 0.4) is 0 Å². The number of anilines is 1. The molecule has 0 unspecified atom stereocenters. The molecular formula is C12H10F3N3OS. The van der Waals surface area contributed by atoms with Crippen LogP contribution in [0.1, 0.15) is 0 Å². The standard InChI is InChI=1S/C12H10F3N3OS/c13-12(14,15)7-20-10-4-2-1-3-9(10)17-11(19)18-6-5-16-8-18/h1-6,8H,7H2,(H,17,19). The fourth-order valence-electron chi connectivity index (χ4n) is 1.41. The molecule has 0 saturated heterocycles. The number of imidazole rings is 1. The van der Waals surface area contributed by atoms with Crippen molar-refractivity contribution in [2.75, 3.05) is 11.1 Å². The third kappa shape index (κ3) is 4.02. The first kappa shape index (κ1) is 14.4. The number of hydrogen-bond acceptors (Lipinski definition) is 3. The minimum absolute atomic E-state index is 0.334. The van der Waals surface area contributed by atoms with Crippen LogP contribution in [0.2, 0.25) is 0 Å². The molecule has 0 aliphatic carbocycles. The number of alkyl halides is 3. The van der Waals surface area contributed by atoms with Crippen LogP contribution in [-0.4, -0.2) is 27.5 Å². The molecule has 0 bridgehead atoms. The summed E-state index contributed by atoms with van der Waals surface area (Å²) in [7, 11) is 0. The molecule has 0 atom stereocenters. The zero-order chi connectivity index (χ0) is 14.6. The van der Waals surface area contributed by atoms with Crippen LogP contribution in [0.5, 0.6) is 0 Å². The summed E-state index contributed by atoms with van der Waals surface area (Å²) < 4.78 is 37.9. The average Bonchev–Trinajstić information content (AvgIpc) is 2.90. The van der Waals surface area contributed by atoms with Gasteiger partial charge in [0.05, 0.1) is 11.4 Å². The van der Waals surface area contributed by atoms with E-state index in [1.54, 1.807) is 18.2 Å². The predicted octanol–water partition coefficient (Wildman–Crippen LogP) is 3.62. The number of amides is 1. The Bertz CT molecular complexity index is 584. The molecule has 1 aromatic carbocycles. The van der Waals surface area contributed by atoms with E-state index in [4.69, 9.17) is 0 Å². The highest BCUT2D eigenvalue weighted by Crippen LogP contribution is 2.32. The van der Waals surface area contributed by atoms with Gasteiger partial charge in [0.15, 0.2) is 0 Å². The van der Waals surface area contributed by atoms with E-state index in [0.717, 1.165) is 0 Å². The Morgan fingerprint density at radius 2 is 2.10 bits per heavy atom. The Labute approximate surface area is 117 Å². The summed E-state index contributed by atoms with van der Waals surface area (Å²) in [6, 6.07) is 5.85. The van der Waals surface area contributed by atoms with Gasteiger partial charge in [-0.1, -0.05) is 12.1 Å². The first-order valence-electron chi connectivity index (χ1n) is 5.53. The number of rotatable bonds is 3.